The zero-order valence-electron chi connectivity index (χ0n) is 13.6. The van der Waals surface area contributed by atoms with Crippen LogP contribution in [0.2, 0.25) is 0 Å². The van der Waals surface area contributed by atoms with Crippen LogP contribution in [-0.4, -0.2) is 48.1 Å². The Morgan fingerprint density at radius 2 is 1.71 bits per heavy atom. The van der Waals surface area contributed by atoms with Gasteiger partial charge in [-0.15, -0.1) is 0 Å². The van der Waals surface area contributed by atoms with Crippen molar-refractivity contribution in [3.05, 3.63) is 48.3 Å². The topological polar surface area (TPSA) is 35.2 Å². The molecule has 0 saturated carbocycles. The number of fused-ring (bicyclic) bond motifs is 1. The van der Waals surface area contributed by atoms with Crippen molar-refractivity contribution in [1.82, 2.24) is 14.9 Å². The van der Waals surface area contributed by atoms with Crippen LogP contribution in [0.3, 0.4) is 0 Å². The van der Waals surface area contributed by atoms with Crippen molar-refractivity contribution in [2.45, 2.75) is 0 Å². The molecule has 2 aliphatic rings. The standard InChI is InChI=1S/C19H19FN4/c1-23-9-19(10-23)11-24(12-19)18-21-16-7-4-14(8-17(16)22-18)13-2-5-15(20)6-3-13/h2-8H,9-12H2,1H3,(H,21,22). The van der Waals surface area contributed by atoms with E-state index in [1.807, 2.05) is 12.1 Å². The second-order valence-corrected chi connectivity index (χ2v) is 7.33. The largest absolute Gasteiger partial charge is 0.341 e. The summed E-state index contributed by atoms with van der Waals surface area (Å²) in [6, 6.07) is 12.8. The maximum Gasteiger partial charge on any atom is 0.203 e. The van der Waals surface area contributed by atoms with Crippen molar-refractivity contribution in [3.63, 3.8) is 0 Å². The molecule has 2 fully saturated rings. The molecule has 4 nitrogen and oxygen atoms in total. The van der Waals surface area contributed by atoms with Crippen LogP contribution >= 0.6 is 0 Å². The Morgan fingerprint density at radius 3 is 2.42 bits per heavy atom. The summed E-state index contributed by atoms with van der Waals surface area (Å²) in [5.41, 5.74) is 4.57. The zero-order valence-corrected chi connectivity index (χ0v) is 13.6. The summed E-state index contributed by atoms with van der Waals surface area (Å²) in [7, 11) is 2.17. The average molecular weight is 322 g/mol. The molecule has 1 N–H and O–H groups in total. The molecule has 5 rings (SSSR count). The van der Waals surface area contributed by atoms with Gasteiger partial charge in [0.05, 0.1) is 11.0 Å². The fourth-order valence-corrected chi connectivity index (χ4v) is 4.18. The molecule has 0 radical (unpaired) electrons. The van der Waals surface area contributed by atoms with Crippen LogP contribution in [0, 0.1) is 11.2 Å². The molecular weight excluding hydrogens is 303 g/mol. The molecule has 3 aromatic rings. The molecule has 24 heavy (non-hydrogen) atoms. The van der Waals surface area contributed by atoms with Crippen LogP contribution in [0.25, 0.3) is 22.2 Å². The van der Waals surface area contributed by atoms with Crippen LogP contribution < -0.4 is 4.90 Å². The number of aromatic nitrogens is 2. The molecule has 2 aromatic carbocycles. The highest BCUT2D eigenvalue weighted by atomic mass is 19.1. The van der Waals surface area contributed by atoms with Gasteiger partial charge in [0.25, 0.3) is 0 Å². The summed E-state index contributed by atoms with van der Waals surface area (Å²) in [6.07, 6.45) is 0. The first-order chi connectivity index (χ1) is 11.6. The van der Waals surface area contributed by atoms with Gasteiger partial charge in [-0.2, -0.15) is 0 Å². The van der Waals surface area contributed by atoms with Crippen molar-refractivity contribution in [2.75, 3.05) is 38.1 Å². The molecule has 0 atom stereocenters. The number of hydrogen-bond acceptors (Lipinski definition) is 3. The molecule has 0 aliphatic carbocycles. The fourth-order valence-electron chi connectivity index (χ4n) is 4.18. The Hall–Kier alpha value is -2.40. The lowest BCUT2D eigenvalue weighted by atomic mass is 9.73. The van der Waals surface area contributed by atoms with Gasteiger partial charge in [-0.25, -0.2) is 9.37 Å². The molecule has 2 saturated heterocycles. The summed E-state index contributed by atoms with van der Waals surface area (Å²) in [4.78, 5) is 12.9. The first-order valence-corrected chi connectivity index (χ1v) is 8.30. The smallest absolute Gasteiger partial charge is 0.203 e. The quantitative estimate of drug-likeness (QED) is 0.787. The molecule has 0 unspecified atom stereocenters. The molecule has 0 bridgehead atoms. The lowest BCUT2D eigenvalue weighted by Gasteiger charge is -2.59. The summed E-state index contributed by atoms with van der Waals surface area (Å²) in [5, 5.41) is 0. The monoisotopic (exact) mass is 322 g/mol. The van der Waals surface area contributed by atoms with E-state index in [9.17, 15) is 4.39 Å². The molecule has 122 valence electrons. The van der Waals surface area contributed by atoms with E-state index in [1.54, 1.807) is 12.1 Å². The van der Waals surface area contributed by atoms with Gasteiger partial charge < -0.3 is 14.8 Å². The fraction of sp³-hybridized carbons (Fsp3) is 0.316. The summed E-state index contributed by atoms with van der Waals surface area (Å²) in [6.45, 7) is 4.56. The number of nitrogens with zero attached hydrogens (tertiary/aromatic N) is 3. The number of imidazole rings is 1. The molecule has 2 aliphatic heterocycles. The van der Waals surface area contributed by atoms with Gasteiger partial charge in [0.2, 0.25) is 5.95 Å². The molecule has 1 spiro atoms. The van der Waals surface area contributed by atoms with Crippen LogP contribution in [-0.2, 0) is 0 Å². The Morgan fingerprint density at radius 1 is 1.00 bits per heavy atom. The predicted molar refractivity (Wildman–Crippen MR) is 93.6 cm³/mol. The van der Waals surface area contributed by atoms with Crippen molar-refractivity contribution < 1.29 is 4.39 Å². The highest BCUT2D eigenvalue weighted by Gasteiger charge is 2.51. The molecule has 5 heteroatoms. The predicted octanol–water partition coefficient (Wildman–Crippen LogP) is 3.12. The van der Waals surface area contributed by atoms with Gasteiger partial charge in [0.1, 0.15) is 5.82 Å². The number of aromatic amines is 1. The minimum atomic E-state index is -0.211. The Bertz CT molecular complexity index is 901. The van der Waals surface area contributed by atoms with Crippen LogP contribution in [0.1, 0.15) is 0 Å². The van der Waals surface area contributed by atoms with Gasteiger partial charge in [-0.1, -0.05) is 18.2 Å². The second kappa shape index (κ2) is 4.80. The van der Waals surface area contributed by atoms with Crippen molar-refractivity contribution in [1.29, 1.82) is 0 Å². The lowest BCUT2D eigenvalue weighted by Crippen LogP contribution is -2.71. The molecule has 1 aromatic heterocycles. The number of hydrogen-bond donors (Lipinski definition) is 1. The van der Waals surface area contributed by atoms with E-state index in [2.05, 4.69) is 27.9 Å². The third-order valence-electron chi connectivity index (χ3n) is 5.21. The number of likely N-dealkylation sites (tertiary alicyclic amines) is 1. The van der Waals surface area contributed by atoms with Gasteiger partial charge in [-0.05, 0) is 42.4 Å². The van der Waals surface area contributed by atoms with E-state index in [0.29, 0.717) is 5.41 Å². The zero-order chi connectivity index (χ0) is 16.3. The Labute approximate surface area is 139 Å². The Balaban J connectivity index is 1.41. The molecule has 3 heterocycles. The average Bonchev–Trinajstić information content (AvgIpc) is 2.92. The minimum Gasteiger partial charge on any atom is -0.341 e. The third-order valence-corrected chi connectivity index (χ3v) is 5.21. The van der Waals surface area contributed by atoms with Gasteiger partial charge >= 0.3 is 0 Å². The van der Waals surface area contributed by atoms with Gasteiger partial charge in [-0.3, -0.25) is 0 Å². The third kappa shape index (κ3) is 2.12. The highest BCUT2D eigenvalue weighted by molar-refractivity contribution is 5.83. The second-order valence-electron chi connectivity index (χ2n) is 7.33. The van der Waals surface area contributed by atoms with Gasteiger partial charge in [0.15, 0.2) is 0 Å². The number of rotatable bonds is 2. The van der Waals surface area contributed by atoms with E-state index in [0.717, 1.165) is 41.2 Å². The molecular formula is C19H19FN4. The van der Waals surface area contributed by atoms with Crippen LogP contribution in [0.15, 0.2) is 42.5 Å². The van der Waals surface area contributed by atoms with E-state index in [-0.39, 0.29) is 5.82 Å². The van der Waals surface area contributed by atoms with Crippen LogP contribution in [0.5, 0.6) is 0 Å². The van der Waals surface area contributed by atoms with Crippen molar-refractivity contribution >= 4 is 17.0 Å². The first kappa shape index (κ1) is 14.0. The number of benzene rings is 2. The normalized spacial score (nSPS) is 19.5. The number of anilines is 1. The maximum atomic E-state index is 13.1. The lowest BCUT2D eigenvalue weighted by molar-refractivity contribution is -0.00313. The van der Waals surface area contributed by atoms with E-state index < -0.39 is 0 Å². The summed E-state index contributed by atoms with van der Waals surface area (Å²) in [5.74, 6) is 0.749. The Kier molecular flexibility index (Phi) is 2.80. The first-order valence-electron chi connectivity index (χ1n) is 8.30. The van der Waals surface area contributed by atoms with E-state index in [1.165, 1.54) is 25.2 Å². The maximum absolute atomic E-state index is 13.1. The summed E-state index contributed by atoms with van der Waals surface area (Å²) >= 11 is 0. The van der Waals surface area contributed by atoms with E-state index in [4.69, 9.17) is 4.98 Å². The van der Waals surface area contributed by atoms with Crippen molar-refractivity contribution in [3.8, 4) is 11.1 Å². The minimum absolute atomic E-state index is 0.211. The summed E-state index contributed by atoms with van der Waals surface area (Å²) < 4.78 is 13.1. The number of nitrogens with one attached hydrogen (secondary N) is 1. The highest BCUT2D eigenvalue weighted by Crippen LogP contribution is 2.40. The van der Waals surface area contributed by atoms with Gasteiger partial charge in [0, 0.05) is 31.6 Å². The molecule has 0 amide bonds. The van der Waals surface area contributed by atoms with E-state index >= 15 is 0 Å². The van der Waals surface area contributed by atoms with Crippen LogP contribution in [0.4, 0.5) is 10.3 Å². The number of halogens is 1. The SMILES string of the molecule is CN1CC2(C1)CN(c1nc3ccc(-c4ccc(F)cc4)cc3[nH]1)C2. The van der Waals surface area contributed by atoms with Crippen molar-refractivity contribution in [2.24, 2.45) is 5.41 Å². The number of H-pyrrole nitrogens is 1.